The van der Waals surface area contributed by atoms with Crippen LogP contribution in [0.5, 0.6) is 0 Å². The Kier molecular flexibility index (Phi) is 7.14. The number of rotatable bonds is 9. The normalized spacial score (nSPS) is 26.3. The Morgan fingerprint density at radius 2 is 2.06 bits per heavy atom. The van der Waals surface area contributed by atoms with E-state index >= 15 is 0 Å². The van der Waals surface area contributed by atoms with Crippen LogP contribution in [0.3, 0.4) is 0 Å². The lowest BCUT2D eigenvalue weighted by Crippen LogP contribution is -2.50. The second kappa shape index (κ2) is 8.10. The zero-order valence-electron chi connectivity index (χ0n) is 12.1. The highest BCUT2D eigenvalue weighted by Gasteiger charge is 2.32. The lowest BCUT2D eigenvalue weighted by molar-refractivity contribution is 0.307. The zero-order valence-corrected chi connectivity index (χ0v) is 12.1. The first kappa shape index (κ1) is 15.0. The monoisotopic (exact) mass is 240 g/mol. The van der Waals surface area contributed by atoms with Crippen molar-refractivity contribution in [1.29, 1.82) is 0 Å². The Bertz CT molecular complexity index is 185. The zero-order chi connectivity index (χ0) is 12.6. The lowest BCUT2D eigenvalue weighted by atomic mass is 9.91. The van der Waals surface area contributed by atoms with Crippen molar-refractivity contribution >= 4 is 0 Å². The van der Waals surface area contributed by atoms with Crippen molar-refractivity contribution < 1.29 is 0 Å². The summed E-state index contributed by atoms with van der Waals surface area (Å²) in [5, 5.41) is 7.48. The quantitative estimate of drug-likeness (QED) is 0.603. The maximum atomic E-state index is 3.75. The molecule has 0 aromatic carbocycles. The second-order valence-corrected chi connectivity index (χ2v) is 5.84. The van der Waals surface area contributed by atoms with Crippen LogP contribution in [0.1, 0.15) is 72.1 Å². The fourth-order valence-electron chi connectivity index (χ4n) is 2.97. The van der Waals surface area contributed by atoms with Gasteiger partial charge in [-0.1, -0.05) is 39.5 Å². The summed E-state index contributed by atoms with van der Waals surface area (Å²) in [4.78, 5) is 0. The molecule has 2 nitrogen and oxygen atoms in total. The molecule has 2 unspecified atom stereocenters. The number of hydrogen-bond acceptors (Lipinski definition) is 2. The molecular weight excluding hydrogens is 208 g/mol. The summed E-state index contributed by atoms with van der Waals surface area (Å²) in [7, 11) is 0. The molecule has 0 bridgehead atoms. The Balaban J connectivity index is 2.21. The summed E-state index contributed by atoms with van der Waals surface area (Å²) in [6.45, 7) is 9.29. The molecule has 102 valence electrons. The molecule has 2 heteroatoms. The van der Waals surface area contributed by atoms with Crippen LogP contribution >= 0.6 is 0 Å². The van der Waals surface area contributed by atoms with E-state index in [4.69, 9.17) is 0 Å². The molecule has 1 rings (SSSR count). The minimum atomic E-state index is 0.410. The van der Waals surface area contributed by atoms with Crippen LogP contribution in [0.4, 0.5) is 0 Å². The average Bonchev–Trinajstić information content (AvgIpc) is 2.77. The number of hydrogen-bond donors (Lipinski definition) is 2. The molecule has 17 heavy (non-hydrogen) atoms. The van der Waals surface area contributed by atoms with Crippen LogP contribution in [0.15, 0.2) is 0 Å². The first-order chi connectivity index (χ1) is 8.22. The van der Waals surface area contributed by atoms with Gasteiger partial charge in [0, 0.05) is 18.1 Å². The third-order valence-corrected chi connectivity index (χ3v) is 4.09. The van der Waals surface area contributed by atoms with E-state index in [2.05, 4.69) is 31.4 Å². The van der Waals surface area contributed by atoms with Crippen LogP contribution in [0, 0.1) is 0 Å². The van der Waals surface area contributed by atoms with Crippen molar-refractivity contribution in [1.82, 2.24) is 10.6 Å². The molecule has 2 N–H and O–H groups in total. The van der Waals surface area contributed by atoms with E-state index in [9.17, 15) is 0 Å². The largest absolute Gasteiger partial charge is 0.312 e. The van der Waals surface area contributed by atoms with Crippen LogP contribution in [0.2, 0.25) is 0 Å². The Labute approximate surface area is 108 Å². The highest BCUT2D eigenvalue weighted by Crippen LogP contribution is 2.24. The van der Waals surface area contributed by atoms with E-state index in [0.717, 1.165) is 6.54 Å². The Morgan fingerprint density at radius 1 is 1.24 bits per heavy atom. The van der Waals surface area contributed by atoms with E-state index in [-0.39, 0.29) is 0 Å². The molecular formula is C15H32N2. The molecule has 0 amide bonds. The molecule has 1 fully saturated rings. The molecule has 0 spiro atoms. The molecule has 0 aromatic heterocycles. The molecule has 0 aliphatic carbocycles. The van der Waals surface area contributed by atoms with Gasteiger partial charge in [0.15, 0.2) is 0 Å². The van der Waals surface area contributed by atoms with Crippen LogP contribution in [-0.4, -0.2) is 24.7 Å². The molecule has 0 saturated carbocycles. The summed E-state index contributed by atoms with van der Waals surface area (Å²) in [5.41, 5.74) is 0.410. The van der Waals surface area contributed by atoms with Crippen molar-refractivity contribution in [3.8, 4) is 0 Å². The fourth-order valence-corrected chi connectivity index (χ4v) is 2.97. The Hall–Kier alpha value is -0.0800. The van der Waals surface area contributed by atoms with Gasteiger partial charge in [-0.25, -0.2) is 0 Å². The molecule has 2 atom stereocenters. The predicted molar refractivity (Wildman–Crippen MR) is 76.5 cm³/mol. The van der Waals surface area contributed by atoms with E-state index in [0.29, 0.717) is 11.6 Å². The van der Waals surface area contributed by atoms with Gasteiger partial charge < -0.3 is 10.6 Å². The van der Waals surface area contributed by atoms with Crippen molar-refractivity contribution in [2.45, 2.75) is 83.7 Å². The van der Waals surface area contributed by atoms with Gasteiger partial charge in [0.2, 0.25) is 0 Å². The molecule has 1 saturated heterocycles. The molecule has 0 aromatic rings. The third-order valence-electron chi connectivity index (χ3n) is 4.09. The van der Waals surface area contributed by atoms with Crippen LogP contribution in [-0.2, 0) is 0 Å². The van der Waals surface area contributed by atoms with Crippen molar-refractivity contribution in [2.24, 2.45) is 0 Å². The summed E-state index contributed by atoms with van der Waals surface area (Å²) >= 11 is 0. The minimum absolute atomic E-state index is 0.410. The summed E-state index contributed by atoms with van der Waals surface area (Å²) in [6.07, 6.45) is 10.7. The SMILES string of the molecule is CCCCCC(C)NCC1(CCC)CCCN1. The Morgan fingerprint density at radius 3 is 2.65 bits per heavy atom. The summed E-state index contributed by atoms with van der Waals surface area (Å²) in [6, 6.07) is 0.678. The smallest absolute Gasteiger partial charge is 0.0306 e. The van der Waals surface area contributed by atoms with E-state index in [1.54, 1.807) is 0 Å². The number of nitrogens with one attached hydrogen (secondary N) is 2. The molecule has 0 radical (unpaired) electrons. The van der Waals surface area contributed by atoms with Crippen molar-refractivity contribution in [3.63, 3.8) is 0 Å². The first-order valence-corrected chi connectivity index (χ1v) is 7.71. The summed E-state index contributed by atoms with van der Waals surface area (Å²) in [5.74, 6) is 0. The lowest BCUT2D eigenvalue weighted by Gasteiger charge is -2.31. The van der Waals surface area contributed by atoms with E-state index in [1.807, 2.05) is 0 Å². The van der Waals surface area contributed by atoms with Gasteiger partial charge in [-0.15, -0.1) is 0 Å². The van der Waals surface area contributed by atoms with Gasteiger partial charge in [0.05, 0.1) is 0 Å². The van der Waals surface area contributed by atoms with Crippen LogP contribution in [0.25, 0.3) is 0 Å². The molecule has 1 heterocycles. The fraction of sp³-hybridized carbons (Fsp3) is 1.00. The van der Waals surface area contributed by atoms with Gasteiger partial charge in [0.1, 0.15) is 0 Å². The summed E-state index contributed by atoms with van der Waals surface area (Å²) < 4.78 is 0. The minimum Gasteiger partial charge on any atom is -0.312 e. The molecule has 1 aliphatic rings. The molecule has 1 aliphatic heterocycles. The predicted octanol–water partition coefficient (Wildman–Crippen LogP) is 3.47. The first-order valence-electron chi connectivity index (χ1n) is 7.71. The standard InChI is InChI=1S/C15H32N2/c1-4-6-7-9-14(3)16-13-15(10-5-2)11-8-12-17-15/h14,16-17H,4-13H2,1-3H3. The third kappa shape index (κ3) is 5.39. The van der Waals surface area contributed by atoms with Gasteiger partial charge in [-0.05, 0) is 39.2 Å². The van der Waals surface area contributed by atoms with E-state index < -0.39 is 0 Å². The van der Waals surface area contributed by atoms with Crippen molar-refractivity contribution in [2.75, 3.05) is 13.1 Å². The van der Waals surface area contributed by atoms with Gasteiger partial charge in [-0.2, -0.15) is 0 Å². The van der Waals surface area contributed by atoms with Gasteiger partial charge >= 0.3 is 0 Å². The average molecular weight is 240 g/mol. The maximum Gasteiger partial charge on any atom is 0.0306 e. The highest BCUT2D eigenvalue weighted by atomic mass is 15.1. The van der Waals surface area contributed by atoms with Crippen molar-refractivity contribution in [3.05, 3.63) is 0 Å². The second-order valence-electron chi connectivity index (χ2n) is 5.84. The van der Waals surface area contributed by atoms with Gasteiger partial charge in [0.25, 0.3) is 0 Å². The maximum absolute atomic E-state index is 3.75. The van der Waals surface area contributed by atoms with Crippen LogP contribution < -0.4 is 10.6 Å². The van der Waals surface area contributed by atoms with Gasteiger partial charge in [-0.3, -0.25) is 0 Å². The van der Waals surface area contributed by atoms with E-state index in [1.165, 1.54) is 57.9 Å². The topological polar surface area (TPSA) is 24.1 Å². The highest BCUT2D eigenvalue weighted by molar-refractivity contribution is 4.94. The number of unbranched alkanes of at least 4 members (excludes halogenated alkanes) is 2.